The van der Waals surface area contributed by atoms with E-state index in [1.807, 2.05) is 0 Å². The third kappa shape index (κ3) is 4.03. The molecule has 1 aliphatic rings. The van der Waals surface area contributed by atoms with E-state index in [0.717, 1.165) is 25.2 Å². The second-order valence-electron chi connectivity index (χ2n) is 6.16. The van der Waals surface area contributed by atoms with Crippen LogP contribution in [0, 0.1) is 5.92 Å². The van der Waals surface area contributed by atoms with E-state index in [4.69, 9.17) is 5.11 Å². The van der Waals surface area contributed by atoms with E-state index in [1.54, 1.807) is 37.5 Å². The summed E-state index contributed by atoms with van der Waals surface area (Å²) >= 11 is 0. The molecule has 2 N–H and O–H groups in total. The van der Waals surface area contributed by atoms with E-state index >= 15 is 0 Å². The molecule has 1 unspecified atom stereocenters. The van der Waals surface area contributed by atoms with Crippen LogP contribution in [0.2, 0.25) is 0 Å². The van der Waals surface area contributed by atoms with E-state index in [2.05, 4.69) is 20.3 Å². The summed E-state index contributed by atoms with van der Waals surface area (Å²) in [6, 6.07) is 6.58. The average molecular weight is 343 g/mol. The van der Waals surface area contributed by atoms with Crippen molar-refractivity contribution in [3.63, 3.8) is 0 Å². The summed E-state index contributed by atoms with van der Waals surface area (Å²) in [6.07, 6.45) is 2.62. The fourth-order valence-electron chi connectivity index (χ4n) is 2.89. The molecule has 1 atom stereocenters. The van der Waals surface area contributed by atoms with Crippen molar-refractivity contribution >= 4 is 11.6 Å². The van der Waals surface area contributed by atoms with Gasteiger partial charge in [-0.1, -0.05) is 6.07 Å². The van der Waals surface area contributed by atoms with Gasteiger partial charge in [0.25, 0.3) is 11.5 Å². The van der Waals surface area contributed by atoms with Crippen LogP contribution in [0.3, 0.4) is 0 Å². The number of aromatic nitrogens is 3. The Morgan fingerprint density at radius 1 is 1.44 bits per heavy atom. The van der Waals surface area contributed by atoms with Gasteiger partial charge in [0, 0.05) is 32.7 Å². The summed E-state index contributed by atoms with van der Waals surface area (Å²) in [5, 5.41) is 16.0. The smallest absolute Gasteiger partial charge is 0.269 e. The predicted octanol–water partition coefficient (Wildman–Crippen LogP) is -0.0761. The molecule has 2 aromatic rings. The molecule has 3 heterocycles. The molecule has 1 saturated heterocycles. The highest BCUT2D eigenvalue weighted by Gasteiger charge is 2.24. The average Bonchev–Trinajstić information content (AvgIpc) is 3.11. The minimum Gasteiger partial charge on any atom is -0.390 e. The molecule has 8 heteroatoms. The van der Waals surface area contributed by atoms with Crippen molar-refractivity contribution in [3.8, 4) is 0 Å². The van der Waals surface area contributed by atoms with Gasteiger partial charge in [-0.05, 0) is 24.5 Å². The Morgan fingerprint density at radius 3 is 3.04 bits per heavy atom. The SMILES string of the molecule is Cn1ncc(N2CCC(CNC(=O)c3cccc(CO)n3)C2)cc1=O. The molecule has 0 saturated carbocycles. The highest BCUT2D eigenvalue weighted by molar-refractivity contribution is 5.92. The number of aryl methyl sites for hydroxylation is 1. The largest absolute Gasteiger partial charge is 0.390 e. The summed E-state index contributed by atoms with van der Waals surface area (Å²) in [4.78, 5) is 30.1. The van der Waals surface area contributed by atoms with Crippen LogP contribution in [0.4, 0.5) is 5.69 Å². The fraction of sp³-hybridized carbons (Fsp3) is 0.412. The quantitative estimate of drug-likeness (QED) is 0.788. The first-order valence-electron chi connectivity index (χ1n) is 8.20. The van der Waals surface area contributed by atoms with Crippen molar-refractivity contribution in [3.05, 3.63) is 52.2 Å². The fourth-order valence-corrected chi connectivity index (χ4v) is 2.89. The lowest BCUT2D eigenvalue weighted by Crippen LogP contribution is -2.32. The topological polar surface area (TPSA) is 100 Å². The van der Waals surface area contributed by atoms with Gasteiger partial charge in [-0.2, -0.15) is 5.10 Å². The van der Waals surface area contributed by atoms with Crippen molar-refractivity contribution in [2.75, 3.05) is 24.5 Å². The summed E-state index contributed by atoms with van der Waals surface area (Å²) in [5.41, 5.74) is 1.45. The van der Waals surface area contributed by atoms with Gasteiger partial charge < -0.3 is 15.3 Å². The second-order valence-corrected chi connectivity index (χ2v) is 6.16. The number of rotatable bonds is 5. The summed E-state index contributed by atoms with van der Waals surface area (Å²) in [6.45, 7) is 1.94. The first-order chi connectivity index (χ1) is 12.1. The van der Waals surface area contributed by atoms with Gasteiger partial charge >= 0.3 is 0 Å². The Kier molecular flexibility index (Phi) is 5.08. The van der Waals surface area contributed by atoms with Crippen molar-refractivity contribution < 1.29 is 9.90 Å². The minimum absolute atomic E-state index is 0.135. The molecule has 3 rings (SSSR count). The van der Waals surface area contributed by atoms with Gasteiger partial charge in [0.15, 0.2) is 0 Å². The number of carbonyl (C=O) groups excluding carboxylic acids is 1. The maximum absolute atomic E-state index is 12.2. The number of hydrogen-bond acceptors (Lipinski definition) is 6. The van der Waals surface area contributed by atoms with Crippen LogP contribution < -0.4 is 15.8 Å². The second kappa shape index (κ2) is 7.43. The number of aliphatic hydroxyl groups is 1. The molecule has 0 radical (unpaired) electrons. The van der Waals surface area contributed by atoms with Gasteiger partial charge in [-0.15, -0.1) is 0 Å². The number of amides is 1. The monoisotopic (exact) mass is 343 g/mol. The molecular weight excluding hydrogens is 322 g/mol. The Hall–Kier alpha value is -2.74. The number of aliphatic hydroxyl groups excluding tert-OH is 1. The highest BCUT2D eigenvalue weighted by Crippen LogP contribution is 2.21. The summed E-state index contributed by atoms with van der Waals surface area (Å²) in [7, 11) is 1.62. The number of nitrogens with zero attached hydrogens (tertiary/aromatic N) is 4. The zero-order chi connectivity index (χ0) is 17.8. The molecule has 0 aromatic carbocycles. The molecule has 25 heavy (non-hydrogen) atoms. The lowest BCUT2D eigenvalue weighted by atomic mass is 10.1. The maximum Gasteiger partial charge on any atom is 0.269 e. The zero-order valence-corrected chi connectivity index (χ0v) is 14.1. The first-order valence-corrected chi connectivity index (χ1v) is 8.20. The van der Waals surface area contributed by atoms with Crippen LogP contribution in [0.15, 0.2) is 35.3 Å². The van der Waals surface area contributed by atoms with Crippen LogP contribution in [-0.4, -0.2) is 45.4 Å². The van der Waals surface area contributed by atoms with Gasteiger partial charge in [0.2, 0.25) is 0 Å². The van der Waals surface area contributed by atoms with Crippen molar-refractivity contribution in [1.29, 1.82) is 0 Å². The van der Waals surface area contributed by atoms with E-state index in [-0.39, 0.29) is 18.1 Å². The number of anilines is 1. The summed E-state index contributed by atoms with van der Waals surface area (Å²) < 4.78 is 1.30. The molecule has 1 aliphatic heterocycles. The van der Waals surface area contributed by atoms with Crippen LogP contribution in [0.1, 0.15) is 22.6 Å². The zero-order valence-electron chi connectivity index (χ0n) is 14.1. The number of pyridine rings is 1. The van der Waals surface area contributed by atoms with Crippen LogP contribution in [0.25, 0.3) is 0 Å². The molecule has 0 aliphatic carbocycles. The normalized spacial score (nSPS) is 16.9. The lowest BCUT2D eigenvalue weighted by Gasteiger charge is -2.18. The van der Waals surface area contributed by atoms with E-state index < -0.39 is 0 Å². The lowest BCUT2D eigenvalue weighted by molar-refractivity contribution is 0.0942. The molecule has 8 nitrogen and oxygen atoms in total. The molecule has 0 bridgehead atoms. The molecule has 0 spiro atoms. The molecule has 1 amide bonds. The van der Waals surface area contributed by atoms with Gasteiger partial charge in [-0.3, -0.25) is 9.59 Å². The molecule has 1 fully saturated rings. The molecule has 2 aromatic heterocycles. The third-order valence-electron chi connectivity index (χ3n) is 4.36. The third-order valence-corrected chi connectivity index (χ3v) is 4.36. The van der Waals surface area contributed by atoms with Gasteiger partial charge in [0.05, 0.1) is 24.2 Å². The summed E-state index contributed by atoms with van der Waals surface area (Å²) in [5.74, 6) is 0.0537. The van der Waals surface area contributed by atoms with Crippen molar-refractivity contribution in [2.45, 2.75) is 13.0 Å². The number of carbonyl (C=O) groups is 1. The molecular formula is C17H21N5O3. The van der Waals surface area contributed by atoms with Gasteiger partial charge in [-0.25, -0.2) is 9.67 Å². The van der Waals surface area contributed by atoms with Crippen LogP contribution in [-0.2, 0) is 13.7 Å². The van der Waals surface area contributed by atoms with Crippen LogP contribution in [0.5, 0.6) is 0 Å². The van der Waals surface area contributed by atoms with Crippen molar-refractivity contribution in [2.24, 2.45) is 13.0 Å². The minimum atomic E-state index is -0.246. The highest BCUT2D eigenvalue weighted by atomic mass is 16.3. The Balaban J connectivity index is 1.55. The van der Waals surface area contributed by atoms with E-state index in [9.17, 15) is 9.59 Å². The Morgan fingerprint density at radius 2 is 2.28 bits per heavy atom. The number of hydrogen-bond donors (Lipinski definition) is 2. The number of nitrogens with one attached hydrogen (secondary N) is 1. The first kappa shape index (κ1) is 17.1. The van der Waals surface area contributed by atoms with Gasteiger partial charge in [0.1, 0.15) is 5.69 Å². The maximum atomic E-state index is 12.2. The standard InChI is InChI=1S/C17H21N5O3/c1-21-16(24)7-14(9-19-21)22-6-5-12(10-22)8-18-17(25)15-4-2-3-13(11-23)20-15/h2-4,7,9,12,23H,5-6,8,10-11H2,1H3,(H,18,25). The predicted molar refractivity (Wildman–Crippen MR) is 92.3 cm³/mol. The van der Waals surface area contributed by atoms with Crippen LogP contribution >= 0.6 is 0 Å². The Labute approximate surface area is 145 Å². The Bertz CT molecular complexity index is 820. The van der Waals surface area contributed by atoms with E-state index in [1.165, 1.54) is 4.68 Å². The molecule has 132 valence electrons. The van der Waals surface area contributed by atoms with E-state index in [0.29, 0.717) is 23.9 Å². The van der Waals surface area contributed by atoms with Crippen molar-refractivity contribution in [1.82, 2.24) is 20.1 Å².